The first-order valence-electron chi connectivity index (χ1n) is 8.77. The van der Waals surface area contributed by atoms with Crippen LogP contribution < -0.4 is 5.32 Å². The van der Waals surface area contributed by atoms with Crippen molar-refractivity contribution in [2.45, 2.75) is 38.8 Å². The van der Waals surface area contributed by atoms with E-state index in [0.29, 0.717) is 19.6 Å². The summed E-state index contributed by atoms with van der Waals surface area (Å²) in [6.07, 6.45) is 1.51. The average Bonchev–Trinajstić information content (AvgIpc) is 2.62. The molecule has 1 aromatic carbocycles. The number of halogens is 2. The van der Waals surface area contributed by atoms with Gasteiger partial charge in [0.05, 0.1) is 18.3 Å². The third-order valence-corrected chi connectivity index (χ3v) is 4.87. The van der Waals surface area contributed by atoms with Crippen molar-refractivity contribution in [3.05, 3.63) is 29.8 Å². The normalized spacial score (nSPS) is 17.3. The lowest BCUT2D eigenvalue weighted by molar-refractivity contribution is -0.139. The molecule has 1 fully saturated rings. The lowest BCUT2D eigenvalue weighted by Gasteiger charge is -2.39. The number of carbonyl (C=O) groups excluding carboxylic acids is 1. The summed E-state index contributed by atoms with van der Waals surface area (Å²) in [5.41, 5.74) is -0.171. The van der Waals surface area contributed by atoms with Crippen LogP contribution in [0.3, 0.4) is 0 Å². The predicted molar refractivity (Wildman–Crippen MR) is 93.9 cm³/mol. The minimum Gasteiger partial charge on any atom is -0.480 e. The molecule has 1 saturated heterocycles. The predicted octanol–water partition coefficient (Wildman–Crippen LogP) is 2.16. The van der Waals surface area contributed by atoms with Gasteiger partial charge in [0, 0.05) is 25.2 Å². The van der Waals surface area contributed by atoms with E-state index >= 15 is 0 Å². The first kappa shape index (κ1) is 20.3. The molecule has 6 nitrogen and oxygen atoms in total. The number of amides is 1. The summed E-state index contributed by atoms with van der Waals surface area (Å²) in [5, 5.41) is 11.4. The van der Waals surface area contributed by atoms with E-state index < -0.39 is 29.6 Å². The number of likely N-dealkylation sites (tertiary alicyclic amines) is 1. The number of likely N-dealkylation sites (N-methyl/N-ethyl adjacent to an activating group) is 1. The molecule has 1 aliphatic rings. The topological polar surface area (TPSA) is 72.9 Å². The van der Waals surface area contributed by atoms with Crippen molar-refractivity contribution in [3.63, 3.8) is 0 Å². The van der Waals surface area contributed by atoms with Crippen LogP contribution in [0.2, 0.25) is 0 Å². The quantitative estimate of drug-likeness (QED) is 0.771. The molecule has 0 aliphatic carbocycles. The molecule has 1 aromatic rings. The number of piperidine rings is 1. The van der Waals surface area contributed by atoms with Crippen LogP contribution in [0.1, 0.15) is 26.7 Å². The molecule has 0 spiro atoms. The van der Waals surface area contributed by atoms with Gasteiger partial charge in [0.2, 0.25) is 5.91 Å². The van der Waals surface area contributed by atoms with E-state index in [4.69, 9.17) is 5.11 Å². The van der Waals surface area contributed by atoms with E-state index in [9.17, 15) is 18.4 Å². The van der Waals surface area contributed by atoms with Gasteiger partial charge in [0.15, 0.2) is 0 Å². The summed E-state index contributed by atoms with van der Waals surface area (Å²) in [6.45, 7) is 5.60. The highest BCUT2D eigenvalue weighted by Gasteiger charge is 2.29. The Hall–Kier alpha value is -2.06. The highest BCUT2D eigenvalue weighted by Crippen LogP contribution is 2.20. The van der Waals surface area contributed by atoms with E-state index in [1.807, 2.05) is 16.7 Å². The molecule has 0 radical (unpaired) electrons. The van der Waals surface area contributed by atoms with Crippen LogP contribution in [0, 0.1) is 11.6 Å². The molecule has 2 N–H and O–H groups in total. The van der Waals surface area contributed by atoms with Crippen molar-refractivity contribution >= 4 is 17.6 Å². The Balaban J connectivity index is 1.91. The van der Waals surface area contributed by atoms with E-state index in [0.717, 1.165) is 31.0 Å². The van der Waals surface area contributed by atoms with Crippen LogP contribution in [0.15, 0.2) is 18.2 Å². The maximum Gasteiger partial charge on any atom is 0.317 e. The summed E-state index contributed by atoms with van der Waals surface area (Å²) >= 11 is 0. The van der Waals surface area contributed by atoms with Crippen LogP contribution in [-0.2, 0) is 9.59 Å². The van der Waals surface area contributed by atoms with E-state index in [1.54, 1.807) is 6.92 Å². The number of benzene rings is 1. The summed E-state index contributed by atoms with van der Waals surface area (Å²) in [7, 11) is 0. The van der Waals surface area contributed by atoms with Gasteiger partial charge in [-0.15, -0.1) is 0 Å². The number of aliphatic carboxylic acids is 1. The lowest BCUT2D eigenvalue weighted by atomic mass is 10.0. The van der Waals surface area contributed by atoms with E-state index in [-0.39, 0.29) is 18.3 Å². The summed E-state index contributed by atoms with van der Waals surface area (Å²) in [4.78, 5) is 27.2. The van der Waals surface area contributed by atoms with E-state index in [2.05, 4.69) is 5.32 Å². The fourth-order valence-electron chi connectivity index (χ4n) is 3.31. The van der Waals surface area contributed by atoms with Gasteiger partial charge in [-0.05, 0) is 38.4 Å². The van der Waals surface area contributed by atoms with Gasteiger partial charge in [-0.3, -0.25) is 19.4 Å². The average molecular weight is 369 g/mol. The fourth-order valence-corrected chi connectivity index (χ4v) is 3.31. The number of hydrogen-bond donors (Lipinski definition) is 2. The van der Waals surface area contributed by atoms with Gasteiger partial charge in [-0.25, -0.2) is 8.78 Å². The number of carbonyl (C=O) groups is 2. The third kappa shape index (κ3) is 5.22. The standard InChI is InChI=1S/C18H25F2N3O3/c1-3-22(11-17(24)25)14-6-8-23(9-7-14)12(2)18(26)21-16-10-13(19)4-5-15(16)20/h4-5,10,12,14H,3,6-9,11H2,1-2H3,(H,21,26)(H,24,25). The van der Waals surface area contributed by atoms with Crippen LogP contribution >= 0.6 is 0 Å². The molecular formula is C18H25F2N3O3. The van der Waals surface area contributed by atoms with Crippen LogP contribution in [0.4, 0.5) is 14.5 Å². The first-order chi connectivity index (χ1) is 12.3. The van der Waals surface area contributed by atoms with Gasteiger partial charge in [-0.2, -0.15) is 0 Å². The van der Waals surface area contributed by atoms with Crippen molar-refractivity contribution in [1.29, 1.82) is 0 Å². The number of carboxylic acids is 1. The maximum atomic E-state index is 13.7. The molecule has 1 aliphatic heterocycles. The molecule has 0 saturated carbocycles. The van der Waals surface area contributed by atoms with Crippen molar-refractivity contribution in [2.75, 3.05) is 31.5 Å². The van der Waals surface area contributed by atoms with Crippen molar-refractivity contribution in [1.82, 2.24) is 9.80 Å². The van der Waals surface area contributed by atoms with Gasteiger partial charge in [-0.1, -0.05) is 6.92 Å². The second kappa shape index (κ2) is 9.05. The number of rotatable bonds is 7. The smallest absolute Gasteiger partial charge is 0.317 e. The lowest BCUT2D eigenvalue weighted by Crippen LogP contribution is -2.51. The van der Waals surface area contributed by atoms with Crippen molar-refractivity contribution in [2.24, 2.45) is 0 Å². The number of nitrogens with one attached hydrogen (secondary N) is 1. The van der Waals surface area contributed by atoms with Gasteiger partial charge in [0.25, 0.3) is 0 Å². The molecule has 8 heteroatoms. The summed E-state index contributed by atoms with van der Waals surface area (Å²) in [5.74, 6) is -2.55. The second-order valence-corrected chi connectivity index (χ2v) is 6.51. The Morgan fingerprint density at radius 3 is 2.58 bits per heavy atom. The molecule has 0 bridgehead atoms. The van der Waals surface area contributed by atoms with Gasteiger partial charge in [0.1, 0.15) is 11.6 Å². The molecule has 2 rings (SSSR count). The highest BCUT2D eigenvalue weighted by molar-refractivity contribution is 5.94. The number of nitrogens with zero attached hydrogens (tertiary/aromatic N) is 2. The van der Waals surface area contributed by atoms with Gasteiger partial charge < -0.3 is 10.4 Å². The molecule has 0 aromatic heterocycles. The van der Waals surface area contributed by atoms with Crippen molar-refractivity contribution in [3.8, 4) is 0 Å². The fraction of sp³-hybridized carbons (Fsp3) is 0.556. The summed E-state index contributed by atoms with van der Waals surface area (Å²) in [6, 6.07) is 2.60. The number of carboxylic acid groups (broad SMARTS) is 1. The minimum absolute atomic E-state index is 0.00997. The zero-order valence-electron chi connectivity index (χ0n) is 15.0. The second-order valence-electron chi connectivity index (χ2n) is 6.51. The van der Waals surface area contributed by atoms with Crippen LogP contribution in [-0.4, -0.2) is 65.0 Å². The van der Waals surface area contributed by atoms with Crippen LogP contribution in [0.5, 0.6) is 0 Å². The third-order valence-electron chi connectivity index (χ3n) is 4.87. The van der Waals surface area contributed by atoms with Gasteiger partial charge >= 0.3 is 5.97 Å². The number of anilines is 1. The first-order valence-corrected chi connectivity index (χ1v) is 8.77. The summed E-state index contributed by atoms with van der Waals surface area (Å²) < 4.78 is 26.9. The van der Waals surface area contributed by atoms with Crippen LogP contribution in [0.25, 0.3) is 0 Å². The van der Waals surface area contributed by atoms with E-state index in [1.165, 1.54) is 0 Å². The Bertz CT molecular complexity index is 649. The Morgan fingerprint density at radius 2 is 2.00 bits per heavy atom. The van der Waals surface area contributed by atoms with Crippen molar-refractivity contribution < 1.29 is 23.5 Å². The molecule has 1 atom stereocenters. The Labute approximate surface area is 151 Å². The SMILES string of the molecule is CCN(CC(=O)O)C1CCN(C(C)C(=O)Nc2cc(F)ccc2F)CC1. The maximum absolute atomic E-state index is 13.7. The molecule has 1 amide bonds. The monoisotopic (exact) mass is 369 g/mol. The molecule has 144 valence electrons. The zero-order valence-corrected chi connectivity index (χ0v) is 15.0. The molecule has 1 unspecified atom stereocenters. The molecule has 26 heavy (non-hydrogen) atoms. The molecule has 1 heterocycles. The molecular weight excluding hydrogens is 344 g/mol. The minimum atomic E-state index is -0.848. The largest absolute Gasteiger partial charge is 0.480 e. The highest BCUT2D eigenvalue weighted by atomic mass is 19.1. The number of hydrogen-bond acceptors (Lipinski definition) is 4. The Morgan fingerprint density at radius 1 is 1.35 bits per heavy atom. The Kier molecular flexibility index (Phi) is 7.05. The zero-order chi connectivity index (χ0) is 19.3.